The summed E-state index contributed by atoms with van der Waals surface area (Å²) in [4.78, 5) is 38.7. The van der Waals surface area contributed by atoms with Crippen molar-refractivity contribution in [3.8, 4) is 0 Å². The van der Waals surface area contributed by atoms with Crippen molar-refractivity contribution in [2.24, 2.45) is 0 Å². The van der Waals surface area contributed by atoms with E-state index in [2.05, 4.69) is 15.6 Å². The molecule has 0 atom stereocenters. The zero-order valence-electron chi connectivity index (χ0n) is 11.6. The molecule has 2 heterocycles. The van der Waals surface area contributed by atoms with Crippen LogP contribution in [0.25, 0.3) is 0 Å². The standard InChI is InChI=1S/C13H13N3O4S2/c1-8(17)15-13-16-9(7-22-13)6-20-11(18)5-14-12(19)10-3-2-4-21-10/h2-4,7H,5-6H2,1H3,(H,14,19)(H,15,16,17). The highest BCUT2D eigenvalue weighted by Crippen LogP contribution is 2.15. The maximum atomic E-state index is 11.6. The van der Waals surface area contributed by atoms with E-state index < -0.39 is 5.97 Å². The van der Waals surface area contributed by atoms with Gasteiger partial charge < -0.3 is 15.4 Å². The number of nitrogens with one attached hydrogen (secondary N) is 2. The molecule has 0 saturated heterocycles. The lowest BCUT2D eigenvalue weighted by atomic mass is 10.4. The van der Waals surface area contributed by atoms with E-state index in [9.17, 15) is 14.4 Å². The number of carbonyl (C=O) groups is 3. The van der Waals surface area contributed by atoms with Crippen molar-refractivity contribution in [2.45, 2.75) is 13.5 Å². The van der Waals surface area contributed by atoms with Crippen LogP contribution in [0, 0.1) is 0 Å². The van der Waals surface area contributed by atoms with Gasteiger partial charge >= 0.3 is 5.97 Å². The van der Waals surface area contributed by atoms with Gasteiger partial charge in [0.2, 0.25) is 5.91 Å². The topological polar surface area (TPSA) is 97.4 Å². The predicted molar refractivity (Wildman–Crippen MR) is 82.9 cm³/mol. The molecule has 2 aromatic rings. The monoisotopic (exact) mass is 339 g/mol. The molecule has 2 amide bonds. The predicted octanol–water partition coefficient (Wildman–Crippen LogP) is 1.64. The Hall–Kier alpha value is -2.26. The number of thiophene rings is 1. The van der Waals surface area contributed by atoms with Gasteiger partial charge in [0.05, 0.1) is 10.6 Å². The third-order valence-corrected chi connectivity index (χ3v) is 4.03. The van der Waals surface area contributed by atoms with E-state index >= 15 is 0 Å². The summed E-state index contributed by atoms with van der Waals surface area (Å²) in [7, 11) is 0. The van der Waals surface area contributed by atoms with Gasteiger partial charge in [-0.25, -0.2) is 4.98 Å². The lowest BCUT2D eigenvalue weighted by Gasteiger charge is -2.04. The van der Waals surface area contributed by atoms with Gasteiger partial charge in [-0.3, -0.25) is 14.4 Å². The zero-order chi connectivity index (χ0) is 15.9. The Balaban J connectivity index is 1.72. The molecule has 0 unspecified atom stereocenters. The second kappa shape index (κ2) is 7.66. The quantitative estimate of drug-likeness (QED) is 0.780. The number of rotatable bonds is 6. The van der Waals surface area contributed by atoms with Crippen molar-refractivity contribution < 1.29 is 19.1 Å². The molecule has 0 bridgehead atoms. The largest absolute Gasteiger partial charge is 0.458 e. The SMILES string of the molecule is CC(=O)Nc1nc(COC(=O)CNC(=O)c2cccs2)cs1. The summed E-state index contributed by atoms with van der Waals surface area (Å²) in [5.41, 5.74) is 0.534. The number of thiazole rings is 1. The van der Waals surface area contributed by atoms with Gasteiger partial charge in [-0.15, -0.1) is 22.7 Å². The van der Waals surface area contributed by atoms with E-state index in [1.54, 1.807) is 22.9 Å². The molecule has 0 aliphatic carbocycles. The van der Waals surface area contributed by atoms with Crippen LogP contribution in [0.15, 0.2) is 22.9 Å². The molecule has 2 N–H and O–H groups in total. The molecule has 0 aromatic carbocycles. The lowest BCUT2D eigenvalue weighted by molar-refractivity contribution is -0.143. The summed E-state index contributed by atoms with van der Waals surface area (Å²) < 4.78 is 5.00. The molecule has 9 heteroatoms. The first-order valence-corrected chi connectivity index (χ1v) is 8.00. The third-order valence-electron chi connectivity index (χ3n) is 2.35. The van der Waals surface area contributed by atoms with Crippen LogP contribution in [0.3, 0.4) is 0 Å². The van der Waals surface area contributed by atoms with E-state index in [1.807, 2.05) is 0 Å². The van der Waals surface area contributed by atoms with Crippen molar-refractivity contribution in [3.63, 3.8) is 0 Å². The summed E-state index contributed by atoms with van der Waals surface area (Å²) in [6.07, 6.45) is 0. The number of ether oxygens (including phenoxy) is 1. The van der Waals surface area contributed by atoms with E-state index in [-0.39, 0.29) is 25.0 Å². The minimum atomic E-state index is -0.556. The fraction of sp³-hybridized carbons (Fsp3) is 0.231. The van der Waals surface area contributed by atoms with Crippen LogP contribution in [0.5, 0.6) is 0 Å². The Bertz CT molecular complexity index is 667. The second-order valence-electron chi connectivity index (χ2n) is 4.15. The molecule has 0 spiro atoms. The van der Waals surface area contributed by atoms with Crippen LogP contribution in [-0.2, 0) is 20.9 Å². The molecule has 0 fully saturated rings. The average molecular weight is 339 g/mol. The number of hydrogen-bond donors (Lipinski definition) is 2. The van der Waals surface area contributed by atoms with Crippen LogP contribution in [0.2, 0.25) is 0 Å². The molecule has 7 nitrogen and oxygen atoms in total. The smallest absolute Gasteiger partial charge is 0.325 e. The fourth-order valence-corrected chi connectivity index (χ4v) is 2.82. The van der Waals surface area contributed by atoms with Crippen LogP contribution < -0.4 is 10.6 Å². The Labute approximate surface area is 134 Å². The molecular formula is C13H13N3O4S2. The van der Waals surface area contributed by atoms with Crippen LogP contribution in [0.4, 0.5) is 5.13 Å². The average Bonchev–Trinajstić information content (AvgIpc) is 3.13. The first-order chi connectivity index (χ1) is 10.5. The van der Waals surface area contributed by atoms with Gasteiger partial charge in [0.15, 0.2) is 5.13 Å². The van der Waals surface area contributed by atoms with E-state index in [4.69, 9.17) is 4.74 Å². The van der Waals surface area contributed by atoms with Gasteiger partial charge in [-0.2, -0.15) is 0 Å². The molecule has 22 heavy (non-hydrogen) atoms. The minimum Gasteiger partial charge on any atom is -0.458 e. The van der Waals surface area contributed by atoms with Crippen molar-refractivity contribution in [1.29, 1.82) is 0 Å². The molecule has 2 aromatic heterocycles. The highest BCUT2D eigenvalue weighted by molar-refractivity contribution is 7.14. The Morgan fingerprint density at radius 1 is 1.32 bits per heavy atom. The van der Waals surface area contributed by atoms with E-state index in [1.165, 1.54) is 29.6 Å². The minimum absolute atomic E-state index is 0.0101. The highest BCUT2D eigenvalue weighted by atomic mass is 32.1. The van der Waals surface area contributed by atoms with Crippen LogP contribution in [-0.4, -0.2) is 29.3 Å². The highest BCUT2D eigenvalue weighted by Gasteiger charge is 2.10. The number of hydrogen-bond acceptors (Lipinski definition) is 7. The van der Waals surface area contributed by atoms with Crippen molar-refractivity contribution in [1.82, 2.24) is 10.3 Å². The number of amides is 2. The van der Waals surface area contributed by atoms with Crippen LogP contribution >= 0.6 is 22.7 Å². The molecular weight excluding hydrogens is 326 g/mol. The Morgan fingerprint density at radius 2 is 2.14 bits per heavy atom. The molecule has 0 saturated carbocycles. The lowest BCUT2D eigenvalue weighted by Crippen LogP contribution is -2.30. The number of aromatic nitrogens is 1. The van der Waals surface area contributed by atoms with Gasteiger partial charge in [0.1, 0.15) is 13.2 Å². The number of anilines is 1. The number of nitrogens with zero attached hydrogens (tertiary/aromatic N) is 1. The van der Waals surface area contributed by atoms with Gasteiger partial charge in [-0.1, -0.05) is 6.07 Å². The summed E-state index contributed by atoms with van der Waals surface area (Å²) in [5, 5.41) is 8.93. The maximum Gasteiger partial charge on any atom is 0.325 e. The van der Waals surface area contributed by atoms with Gasteiger partial charge in [0.25, 0.3) is 5.91 Å². The van der Waals surface area contributed by atoms with Crippen molar-refractivity contribution in [2.75, 3.05) is 11.9 Å². The second-order valence-corrected chi connectivity index (χ2v) is 5.95. The van der Waals surface area contributed by atoms with E-state index in [0.717, 1.165) is 0 Å². The van der Waals surface area contributed by atoms with Crippen molar-refractivity contribution in [3.05, 3.63) is 33.5 Å². The summed E-state index contributed by atoms with van der Waals surface area (Å²) in [6.45, 7) is 1.17. The summed E-state index contributed by atoms with van der Waals surface area (Å²) in [6, 6.07) is 3.43. The Kier molecular flexibility index (Phi) is 5.61. The van der Waals surface area contributed by atoms with Crippen molar-refractivity contribution >= 4 is 45.6 Å². The summed E-state index contributed by atoms with van der Waals surface area (Å²) >= 11 is 2.54. The first kappa shape index (κ1) is 16.1. The fourth-order valence-electron chi connectivity index (χ4n) is 1.43. The normalized spacial score (nSPS) is 10.0. The third kappa shape index (κ3) is 4.93. The molecule has 2 rings (SSSR count). The van der Waals surface area contributed by atoms with Gasteiger partial charge in [-0.05, 0) is 11.4 Å². The molecule has 116 valence electrons. The molecule has 0 aliphatic rings. The molecule has 0 aliphatic heterocycles. The number of esters is 1. The van der Waals surface area contributed by atoms with E-state index in [0.29, 0.717) is 15.7 Å². The first-order valence-electron chi connectivity index (χ1n) is 6.24. The number of carbonyl (C=O) groups excluding carboxylic acids is 3. The summed E-state index contributed by atoms with van der Waals surface area (Å²) in [5.74, 6) is -1.08. The maximum absolute atomic E-state index is 11.6. The van der Waals surface area contributed by atoms with Crippen LogP contribution in [0.1, 0.15) is 22.3 Å². The van der Waals surface area contributed by atoms with Gasteiger partial charge in [0, 0.05) is 12.3 Å². The Morgan fingerprint density at radius 3 is 2.82 bits per heavy atom. The molecule has 0 radical (unpaired) electrons. The zero-order valence-corrected chi connectivity index (χ0v) is 13.3.